The molecule has 0 bridgehead atoms. The average molecular weight is 450 g/mol. The van der Waals surface area contributed by atoms with Gasteiger partial charge in [-0.2, -0.15) is 13.2 Å². The molecule has 0 spiro atoms. The molecule has 1 aliphatic heterocycles. The van der Waals surface area contributed by atoms with Crippen molar-refractivity contribution in [1.82, 2.24) is 15.2 Å². The van der Waals surface area contributed by atoms with Crippen LogP contribution in [0.2, 0.25) is 0 Å². The van der Waals surface area contributed by atoms with E-state index in [0.29, 0.717) is 36.9 Å². The van der Waals surface area contributed by atoms with Gasteiger partial charge in [0.25, 0.3) is 0 Å². The van der Waals surface area contributed by atoms with Crippen LogP contribution in [0, 0.1) is 0 Å². The Balaban J connectivity index is 0.00000242. The fourth-order valence-electron chi connectivity index (χ4n) is 2.09. The second-order valence-corrected chi connectivity index (χ2v) is 5.69. The van der Waals surface area contributed by atoms with Crippen molar-refractivity contribution in [2.24, 2.45) is 4.99 Å². The number of aliphatic imine (C=N–C) groups is 1. The maximum absolute atomic E-state index is 12.5. The summed E-state index contributed by atoms with van der Waals surface area (Å²) in [6.45, 7) is 1.55. The molecule has 0 aromatic carbocycles. The van der Waals surface area contributed by atoms with Crippen LogP contribution in [0.15, 0.2) is 10.4 Å². The second-order valence-electron chi connectivity index (χ2n) is 4.74. The molecule has 22 heavy (non-hydrogen) atoms. The molecule has 0 unspecified atom stereocenters. The maximum atomic E-state index is 12.5. The minimum atomic E-state index is -4.40. The molecule has 1 aromatic heterocycles. The van der Waals surface area contributed by atoms with Crippen LogP contribution < -0.4 is 5.32 Å². The van der Waals surface area contributed by atoms with Crippen LogP contribution in [0.1, 0.15) is 23.5 Å². The number of aliphatic hydroxyl groups excluding tert-OH is 1. The van der Waals surface area contributed by atoms with Crippen LogP contribution in [-0.2, 0) is 12.7 Å². The van der Waals surface area contributed by atoms with E-state index in [1.54, 1.807) is 7.05 Å². The van der Waals surface area contributed by atoms with Crippen molar-refractivity contribution >= 4 is 41.3 Å². The number of nitrogens with one attached hydrogen (secondary N) is 1. The number of halogens is 4. The third-order valence-electron chi connectivity index (χ3n) is 3.22. The molecule has 1 aliphatic rings. The van der Waals surface area contributed by atoms with E-state index >= 15 is 0 Å². The molecule has 2 heterocycles. The Bertz CT molecular complexity index is 501. The number of rotatable bonds is 2. The van der Waals surface area contributed by atoms with Gasteiger partial charge in [-0.1, -0.05) is 0 Å². The number of guanidine groups is 1. The van der Waals surface area contributed by atoms with Crippen LogP contribution in [0.4, 0.5) is 13.2 Å². The lowest BCUT2D eigenvalue weighted by atomic mass is 10.1. The zero-order chi connectivity index (χ0) is 15.5. The summed E-state index contributed by atoms with van der Waals surface area (Å²) >= 11 is 0.969. The Morgan fingerprint density at radius 1 is 1.50 bits per heavy atom. The lowest BCUT2D eigenvalue weighted by molar-refractivity contribution is -0.140. The highest BCUT2D eigenvalue weighted by atomic mass is 127. The van der Waals surface area contributed by atoms with Gasteiger partial charge in [0.2, 0.25) is 0 Å². The van der Waals surface area contributed by atoms with Crippen molar-refractivity contribution < 1.29 is 18.3 Å². The lowest BCUT2D eigenvalue weighted by Gasteiger charge is -2.32. The Kier molecular flexibility index (Phi) is 7.32. The van der Waals surface area contributed by atoms with Crippen molar-refractivity contribution in [2.45, 2.75) is 31.7 Å². The molecule has 10 heteroatoms. The SMILES string of the molecule is CN=C(NCc1nc(C(F)(F)F)cs1)N1CCC(O)CC1.I. The maximum Gasteiger partial charge on any atom is 0.434 e. The molecule has 0 saturated carbocycles. The molecular weight excluding hydrogens is 432 g/mol. The number of piperidine rings is 1. The largest absolute Gasteiger partial charge is 0.434 e. The van der Waals surface area contributed by atoms with Gasteiger partial charge < -0.3 is 15.3 Å². The highest BCUT2D eigenvalue weighted by Gasteiger charge is 2.33. The van der Waals surface area contributed by atoms with Crippen molar-refractivity contribution in [3.63, 3.8) is 0 Å². The predicted molar refractivity (Wildman–Crippen MR) is 89.5 cm³/mol. The van der Waals surface area contributed by atoms with Crippen molar-refractivity contribution in [2.75, 3.05) is 20.1 Å². The van der Waals surface area contributed by atoms with E-state index in [0.717, 1.165) is 16.7 Å². The standard InChI is InChI=1S/C12H17F3N4OS.HI/c1-16-11(19-4-2-8(20)3-5-19)17-6-10-18-9(7-21-10)12(13,14)15;/h7-8,20H,2-6H2,1H3,(H,16,17);1H. The van der Waals surface area contributed by atoms with Crippen LogP contribution in [0.5, 0.6) is 0 Å². The Labute approximate surface area is 147 Å². The van der Waals surface area contributed by atoms with Crippen molar-refractivity contribution in [3.05, 3.63) is 16.1 Å². The van der Waals surface area contributed by atoms with E-state index in [9.17, 15) is 18.3 Å². The van der Waals surface area contributed by atoms with Gasteiger partial charge in [0, 0.05) is 25.5 Å². The molecule has 2 rings (SSSR count). The summed E-state index contributed by atoms with van der Waals surface area (Å²) in [5.74, 6) is 0.616. The number of nitrogens with zero attached hydrogens (tertiary/aromatic N) is 3. The van der Waals surface area contributed by atoms with Gasteiger partial charge in [0.1, 0.15) is 5.01 Å². The van der Waals surface area contributed by atoms with Crippen LogP contribution in [0.3, 0.4) is 0 Å². The van der Waals surface area contributed by atoms with E-state index < -0.39 is 11.9 Å². The normalized spacial score (nSPS) is 17.3. The minimum Gasteiger partial charge on any atom is -0.393 e. The fraction of sp³-hybridized carbons (Fsp3) is 0.667. The monoisotopic (exact) mass is 450 g/mol. The first-order valence-corrected chi connectivity index (χ1v) is 7.43. The average Bonchev–Trinajstić information content (AvgIpc) is 2.90. The molecular formula is C12H18F3IN4OS. The number of aromatic nitrogens is 1. The molecule has 126 valence electrons. The highest BCUT2D eigenvalue weighted by Crippen LogP contribution is 2.29. The first kappa shape index (κ1) is 19.4. The number of hydrogen-bond acceptors (Lipinski definition) is 4. The minimum absolute atomic E-state index is 0. The zero-order valence-electron chi connectivity index (χ0n) is 11.9. The van der Waals surface area contributed by atoms with E-state index in [1.165, 1.54) is 0 Å². The first-order valence-electron chi connectivity index (χ1n) is 6.55. The quantitative estimate of drug-likeness (QED) is 0.413. The van der Waals surface area contributed by atoms with E-state index in [4.69, 9.17) is 0 Å². The van der Waals surface area contributed by atoms with E-state index in [1.807, 2.05) is 4.90 Å². The third kappa shape index (κ3) is 5.23. The number of hydrogen-bond donors (Lipinski definition) is 2. The Morgan fingerprint density at radius 2 is 2.14 bits per heavy atom. The van der Waals surface area contributed by atoms with E-state index in [2.05, 4.69) is 15.3 Å². The third-order valence-corrected chi connectivity index (χ3v) is 4.06. The predicted octanol–water partition coefficient (Wildman–Crippen LogP) is 2.31. The lowest BCUT2D eigenvalue weighted by Crippen LogP contribution is -2.46. The molecule has 1 fully saturated rings. The molecule has 0 amide bonds. The molecule has 2 N–H and O–H groups in total. The number of alkyl halides is 3. The summed E-state index contributed by atoms with van der Waals surface area (Å²) in [5, 5.41) is 13.8. The Morgan fingerprint density at radius 3 is 2.64 bits per heavy atom. The number of aliphatic hydroxyl groups is 1. The van der Waals surface area contributed by atoms with Gasteiger partial charge in [-0.25, -0.2) is 4.98 Å². The van der Waals surface area contributed by atoms with Crippen LogP contribution >= 0.6 is 35.3 Å². The van der Waals surface area contributed by atoms with Gasteiger partial charge in [-0.3, -0.25) is 4.99 Å². The highest BCUT2D eigenvalue weighted by molar-refractivity contribution is 14.0. The molecule has 0 radical (unpaired) electrons. The van der Waals surface area contributed by atoms with Gasteiger partial charge >= 0.3 is 6.18 Å². The molecule has 0 aliphatic carbocycles. The van der Waals surface area contributed by atoms with Gasteiger partial charge in [0.15, 0.2) is 11.7 Å². The summed E-state index contributed by atoms with van der Waals surface area (Å²) in [4.78, 5) is 9.65. The topological polar surface area (TPSA) is 60.8 Å². The van der Waals surface area contributed by atoms with Crippen molar-refractivity contribution in [1.29, 1.82) is 0 Å². The number of likely N-dealkylation sites (tertiary alicyclic amines) is 1. The summed E-state index contributed by atoms with van der Waals surface area (Å²) in [5.41, 5.74) is -0.861. The molecule has 0 atom stereocenters. The Hall–Kier alpha value is -0.620. The number of thiazole rings is 1. The summed E-state index contributed by atoms with van der Waals surface area (Å²) in [6, 6.07) is 0. The smallest absolute Gasteiger partial charge is 0.393 e. The van der Waals surface area contributed by atoms with Gasteiger partial charge in [-0.05, 0) is 12.8 Å². The van der Waals surface area contributed by atoms with Crippen LogP contribution in [0.25, 0.3) is 0 Å². The molecule has 5 nitrogen and oxygen atoms in total. The molecule has 1 saturated heterocycles. The van der Waals surface area contributed by atoms with Gasteiger partial charge in [-0.15, -0.1) is 35.3 Å². The second kappa shape index (κ2) is 8.29. The van der Waals surface area contributed by atoms with Crippen molar-refractivity contribution in [3.8, 4) is 0 Å². The summed E-state index contributed by atoms with van der Waals surface area (Å²) in [7, 11) is 1.62. The first-order chi connectivity index (χ1) is 9.90. The fourth-order valence-corrected chi connectivity index (χ4v) is 2.83. The molecule has 1 aromatic rings. The zero-order valence-corrected chi connectivity index (χ0v) is 15.1. The summed E-state index contributed by atoms with van der Waals surface area (Å²) in [6.07, 6.45) is -3.36. The van der Waals surface area contributed by atoms with Gasteiger partial charge in [0.05, 0.1) is 12.6 Å². The summed E-state index contributed by atoms with van der Waals surface area (Å²) < 4.78 is 37.4. The van der Waals surface area contributed by atoms with Crippen LogP contribution in [-0.4, -0.2) is 47.2 Å². The van der Waals surface area contributed by atoms with E-state index in [-0.39, 0.29) is 36.6 Å².